The van der Waals surface area contributed by atoms with Crippen LogP contribution in [0.25, 0.3) is 22.2 Å². The molecule has 9 heteroatoms. The van der Waals surface area contributed by atoms with Gasteiger partial charge in [-0.1, -0.05) is 54.6 Å². The van der Waals surface area contributed by atoms with Gasteiger partial charge >= 0.3 is 5.97 Å². The Kier molecular flexibility index (Phi) is 7.40. The van der Waals surface area contributed by atoms with Gasteiger partial charge in [0.25, 0.3) is 0 Å². The van der Waals surface area contributed by atoms with Gasteiger partial charge in [-0.05, 0) is 43.7 Å². The van der Waals surface area contributed by atoms with E-state index in [1.807, 2.05) is 80.1 Å². The van der Waals surface area contributed by atoms with Gasteiger partial charge in [-0.25, -0.2) is 13.2 Å². The Labute approximate surface area is 227 Å². The number of aromatic nitrogens is 1. The summed E-state index contributed by atoms with van der Waals surface area (Å²) in [5.74, 6) is -1.12. The molecular formula is C30H30N2O6S. The quantitative estimate of drug-likeness (QED) is 0.247. The number of esters is 1. The number of ether oxygens (including phenoxy) is 2. The molecule has 3 aromatic carbocycles. The van der Waals surface area contributed by atoms with E-state index in [4.69, 9.17) is 9.47 Å². The lowest BCUT2D eigenvalue weighted by Crippen LogP contribution is -2.48. The van der Waals surface area contributed by atoms with Crippen molar-refractivity contribution in [3.8, 4) is 11.3 Å². The summed E-state index contributed by atoms with van der Waals surface area (Å²) < 4.78 is 40.9. The molecule has 1 aliphatic rings. The number of nitrogens with zero attached hydrogens (tertiary/aromatic N) is 2. The standard InChI is InChI=1S/C30H30N2O6S/c1-20-17-32(18-21(2)38-20)39(35,36)24-13-9-12-23(16-24)30(34)37-19-27(33)28-25-14-7-8-15-26(25)31(3)29(28)22-10-5-4-6-11-22/h4-16,20-21H,17-19H2,1-3H3. The SMILES string of the molecule is CC1CN(S(=O)(=O)c2cccc(C(=O)OCC(=O)c3c(-c4ccccc4)n(C)c4ccccc34)c2)CC(C)O1. The van der Waals surface area contributed by atoms with Gasteiger partial charge in [0.05, 0.1) is 33.9 Å². The number of aryl methyl sites for hydroxylation is 1. The Bertz CT molecular complexity index is 1630. The predicted octanol–water partition coefficient (Wildman–Crippen LogP) is 4.68. The predicted molar refractivity (Wildman–Crippen MR) is 148 cm³/mol. The van der Waals surface area contributed by atoms with Crippen LogP contribution < -0.4 is 0 Å². The van der Waals surface area contributed by atoms with E-state index in [0.29, 0.717) is 5.56 Å². The fourth-order valence-electron chi connectivity index (χ4n) is 5.16. The molecule has 5 rings (SSSR count). The Morgan fingerprint density at radius 1 is 0.923 bits per heavy atom. The van der Waals surface area contributed by atoms with Crippen LogP contribution in [-0.2, 0) is 26.5 Å². The van der Waals surface area contributed by atoms with Crippen LogP contribution in [0, 0.1) is 0 Å². The van der Waals surface area contributed by atoms with Gasteiger partial charge in [0.2, 0.25) is 15.8 Å². The molecular weight excluding hydrogens is 516 g/mol. The summed E-state index contributed by atoms with van der Waals surface area (Å²) in [4.78, 5) is 26.4. The van der Waals surface area contributed by atoms with E-state index >= 15 is 0 Å². The first-order valence-electron chi connectivity index (χ1n) is 12.8. The summed E-state index contributed by atoms with van der Waals surface area (Å²) in [6.45, 7) is 3.61. The Balaban J connectivity index is 1.38. The highest BCUT2D eigenvalue weighted by Crippen LogP contribution is 2.33. The number of carbonyl (C=O) groups is 2. The molecule has 39 heavy (non-hydrogen) atoms. The number of carbonyl (C=O) groups excluding carboxylic acids is 2. The Morgan fingerprint density at radius 3 is 2.31 bits per heavy atom. The molecule has 2 unspecified atom stereocenters. The van der Waals surface area contributed by atoms with E-state index in [2.05, 4.69) is 0 Å². The Morgan fingerprint density at radius 2 is 1.59 bits per heavy atom. The van der Waals surface area contributed by atoms with Crippen LogP contribution in [0.3, 0.4) is 0 Å². The molecule has 1 saturated heterocycles. The fourth-order valence-corrected chi connectivity index (χ4v) is 6.79. The Hall–Kier alpha value is -3.79. The minimum absolute atomic E-state index is 0.00927. The number of benzene rings is 3. The number of Topliss-reactive ketones (excluding diaryl/α,β-unsaturated/α-hetero) is 1. The largest absolute Gasteiger partial charge is 0.454 e. The first-order valence-corrected chi connectivity index (χ1v) is 14.2. The molecule has 0 saturated carbocycles. The second-order valence-electron chi connectivity index (χ2n) is 9.77. The van der Waals surface area contributed by atoms with Crippen LogP contribution in [0.15, 0.2) is 83.8 Å². The molecule has 0 radical (unpaired) electrons. The van der Waals surface area contributed by atoms with Crippen molar-refractivity contribution in [1.82, 2.24) is 8.87 Å². The van der Waals surface area contributed by atoms with Gasteiger partial charge in [0.15, 0.2) is 6.61 Å². The maximum Gasteiger partial charge on any atom is 0.338 e. The van der Waals surface area contributed by atoms with Crippen molar-refractivity contribution >= 4 is 32.7 Å². The van der Waals surface area contributed by atoms with Crippen LogP contribution in [-0.4, -0.2) is 60.9 Å². The number of para-hydroxylation sites is 1. The number of sulfonamides is 1. The van der Waals surface area contributed by atoms with Crippen molar-refractivity contribution < 1.29 is 27.5 Å². The van der Waals surface area contributed by atoms with Crippen LogP contribution in [0.1, 0.15) is 34.6 Å². The molecule has 2 atom stereocenters. The summed E-state index contributed by atoms with van der Waals surface area (Å²) in [5, 5.41) is 0.766. The van der Waals surface area contributed by atoms with Crippen molar-refractivity contribution in [3.63, 3.8) is 0 Å². The summed E-state index contributed by atoms with van der Waals surface area (Å²) >= 11 is 0. The van der Waals surface area contributed by atoms with E-state index in [-0.39, 0.29) is 41.5 Å². The van der Waals surface area contributed by atoms with Crippen molar-refractivity contribution in [2.24, 2.45) is 7.05 Å². The van der Waals surface area contributed by atoms with Gasteiger partial charge in [0, 0.05) is 31.0 Å². The zero-order valence-corrected chi connectivity index (χ0v) is 22.9. The number of rotatable bonds is 7. The topological polar surface area (TPSA) is 94.9 Å². The van der Waals surface area contributed by atoms with Crippen LogP contribution in [0.5, 0.6) is 0 Å². The van der Waals surface area contributed by atoms with Gasteiger partial charge in [-0.3, -0.25) is 4.79 Å². The van der Waals surface area contributed by atoms with E-state index < -0.39 is 22.6 Å². The average molecular weight is 547 g/mol. The maximum atomic E-state index is 13.5. The van der Waals surface area contributed by atoms with Gasteiger partial charge in [-0.2, -0.15) is 4.31 Å². The first kappa shape index (κ1) is 26.8. The van der Waals surface area contributed by atoms with Crippen LogP contribution in [0.2, 0.25) is 0 Å². The van der Waals surface area contributed by atoms with E-state index in [1.165, 1.54) is 28.6 Å². The average Bonchev–Trinajstić information content (AvgIpc) is 3.24. The zero-order valence-electron chi connectivity index (χ0n) is 22.0. The summed E-state index contributed by atoms with van der Waals surface area (Å²) in [5.41, 5.74) is 3.02. The van der Waals surface area contributed by atoms with Gasteiger partial charge < -0.3 is 14.0 Å². The molecule has 0 spiro atoms. The third kappa shape index (κ3) is 5.25. The molecule has 0 bridgehead atoms. The molecule has 4 aromatic rings. The number of hydrogen-bond acceptors (Lipinski definition) is 6. The number of ketones is 1. The fraction of sp³-hybridized carbons (Fsp3) is 0.267. The minimum Gasteiger partial charge on any atom is -0.454 e. The molecule has 8 nitrogen and oxygen atoms in total. The first-order chi connectivity index (χ1) is 18.7. The van der Waals surface area contributed by atoms with Crippen molar-refractivity contribution in [2.45, 2.75) is 31.0 Å². The van der Waals surface area contributed by atoms with Crippen molar-refractivity contribution in [2.75, 3.05) is 19.7 Å². The number of morpholine rings is 1. The normalized spacial score (nSPS) is 18.2. The lowest BCUT2D eigenvalue weighted by atomic mass is 10.0. The van der Waals surface area contributed by atoms with E-state index in [1.54, 1.807) is 0 Å². The van der Waals surface area contributed by atoms with Crippen LogP contribution in [0.4, 0.5) is 0 Å². The lowest BCUT2D eigenvalue weighted by Gasteiger charge is -2.34. The van der Waals surface area contributed by atoms with Gasteiger partial charge in [-0.15, -0.1) is 0 Å². The highest BCUT2D eigenvalue weighted by molar-refractivity contribution is 7.89. The lowest BCUT2D eigenvalue weighted by molar-refractivity contribution is -0.0440. The highest BCUT2D eigenvalue weighted by atomic mass is 32.2. The molecule has 0 aliphatic carbocycles. The van der Waals surface area contributed by atoms with Gasteiger partial charge in [0.1, 0.15) is 0 Å². The minimum atomic E-state index is -3.84. The molecule has 0 N–H and O–H groups in total. The van der Waals surface area contributed by atoms with E-state index in [0.717, 1.165) is 22.2 Å². The number of hydrogen-bond donors (Lipinski definition) is 0. The molecule has 1 fully saturated rings. The second kappa shape index (κ2) is 10.8. The summed E-state index contributed by atoms with van der Waals surface area (Å²) in [6, 6.07) is 22.9. The smallest absolute Gasteiger partial charge is 0.338 e. The molecule has 2 heterocycles. The third-order valence-corrected chi connectivity index (χ3v) is 8.69. The molecule has 0 amide bonds. The second-order valence-corrected chi connectivity index (χ2v) is 11.7. The third-order valence-electron chi connectivity index (χ3n) is 6.86. The summed E-state index contributed by atoms with van der Waals surface area (Å²) in [7, 11) is -1.94. The zero-order chi connectivity index (χ0) is 27.7. The van der Waals surface area contributed by atoms with E-state index in [9.17, 15) is 18.0 Å². The monoisotopic (exact) mass is 546 g/mol. The molecule has 1 aromatic heterocycles. The van der Waals surface area contributed by atoms with Crippen molar-refractivity contribution in [1.29, 1.82) is 0 Å². The van der Waals surface area contributed by atoms with Crippen LogP contribution >= 0.6 is 0 Å². The highest BCUT2D eigenvalue weighted by Gasteiger charge is 2.32. The number of fused-ring (bicyclic) bond motifs is 1. The summed E-state index contributed by atoms with van der Waals surface area (Å²) in [6.07, 6.45) is -0.477. The molecule has 202 valence electrons. The molecule has 1 aliphatic heterocycles. The maximum absolute atomic E-state index is 13.5. The van der Waals surface area contributed by atoms with Crippen molar-refractivity contribution in [3.05, 3.63) is 90.0 Å².